The molecule has 3 aliphatic rings. The summed E-state index contributed by atoms with van der Waals surface area (Å²) in [7, 11) is 0. The fourth-order valence-corrected chi connectivity index (χ4v) is 2.41. The molecule has 0 amide bonds. The van der Waals surface area contributed by atoms with Crippen LogP contribution in [0.1, 0.15) is 25.7 Å². The maximum absolute atomic E-state index is 8.86. The van der Waals surface area contributed by atoms with Crippen LogP contribution in [0.5, 0.6) is 0 Å². The maximum Gasteiger partial charge on any atom is 0.0960 e. The van der Waals surface area contributed by atoms with Crippen molar-refractivity contribution in [1.82, 2.24) is 0 Å². The van der Waals surface area contributed by atoms with Crippen LogP contribution in [0.3, 0.4) is 0 Å². The Kier molecular flexibility index (Phi) is 1.62. The first-order valence-corrected chi connectivity index (χ1v) is 4.41. The van der Waals surface area contributed by atoms with E-state index in [2.05, 4.69) is 12.1 Å². The topological polar surface area (TPSA) is 47.6 Å². The lowest BCUT2D eigenvalue weighted by atomic mass is 9.68. The van der Waals surface area contributed by atoms with Crippen LogP contribution in [-0.2, 0) is 0 Å². The summed E-state index contributed by atoms with van der Waals surface area (Å²) in [4.78, 5) is 0. The summed E-state index contributed by atoms with van der Waals surface area (Å²) in [5.41, 5.74) is 1.58. The molecule has 0 saturated heterocycles. The molecule has 12 heavy (non-hydrogen) atoms. The van der Waals surface area contributed by atoms with Gasteiger partial charge in [-0.05, 0) is 37.5 Å². The van der Waals surface area contributed by atoms with E-state index in [0.717, 1.165) is 36.8 Å². The average molecular weight is 158 g/mol. The lowest BCUT2D eigenvalue weighted by Gasteiger charge is -2.34. The van der Waals surface area contributed by atoms with Gasteiger partial charge in [0.1, 0.15) is 0 Å². The van der Waals surface area contributed by atoms with E-state index in [4.69, 9.17) is 10.5 Å². The second kappa shape index (κ2) is 2.64. The number of fused-ring (bicyclic) bond motifs is 2. The Morgan fingerprint density at radius 2 is 1.17 bits per heavy atom. The molecular weight excluding hydrogens is 148 g/mol. The fourth-order valence-electron chi connectivity index (χ4n) is 2.41. The van der Waals surface area contributed by atoms with Crippen molar-refractivity contribution in [3.63, 3.8) is 0 Å². The van der Waals surface area contributed by atoms with E-state index in [-0.39, 0.29) is 0 Å². The highest BCUT2D eigenvalue weighted by Gasteiger charge is 2.35. The van der Waals surface area contributed by atoms with Gasteiger partial charge in [-0.15, -0.1) is 0 Å². The van der Waals surface area contributed by atoms with Crippen LogP contribution in [0, 0.1) is 34.5 Å². The fraction of sp³-hybridized carbons (Fsp3) is 0.600. The minimum atomic E-state index is 0.412. The molecule has 0 aromatic carbocycles. The van der Waals surface area contributed by atoms with Crippen LogP contribution in [0.4, 0.5) is 0 Å². The average Bonchev–Trinajstić information content (AvgIpc) is 2.18. The van der Waals surface area contributed by atoms with Crippen LogP contribution in [0.25, 0.3) is 0 Å². The highest BCUT2D eigenvalue weighted by molar-refractivity contribution is 5.43. The summed E-state index contributed by atoms with van der Waals surface area (Å²) >= 11 is 0. The molecule has 3 aliphatic carbocycles. The molecule has 0 radical (unpaired) electrons. The van der Waals surface area contributed by atoms with Gasteiger partial charge >= 0.3 is 0 Å². The van der Waals surface area contributed by atoms with E-state index in [9.17, 15) is 0 Å². The zero-order chi connectivity index (χ0) is 8.55. The Labute approximate surface area is 72.1 Å². The Morgan fingerprint density at radius 1 is 0.833 bits per heavy atom. The van der Waals surface area contributed by atoms with Gasteiger partial charge in [-0.3, -0.25) is 0 Å². The predicted molar refractivity (Wildman–Crippen MR) is 43.7 cm³/mol. The number of allylic oxidation sites excluding steroid dienone is 2. The normalized spacial score (nSPS) is 32.8. The van der Waals surface area contributed by atoms with E-state index in [1.54, 1.807) is 0 Å². The zero-order valence-electron chi connectivity index (χ0n) is 6.88. The second-order valence-electron chi connectivity index (χ2n) is 3.60. The summed E-state index contributed by atoms with van der Waals surface area (Å²) in [5, 5.41) is 17.7. The van der Waals surface area contributed by atoms with Crippen molar-refractivity contribution in [3.8, 4) is 12.1 Å². The van der Waals surface area contributed by atoms with Gasteiger partial charge in [-0.2, -0.15) is 10.5 Å². The zero-order valence-corrected chi connectivity index (χ0v) is 6.88. The van der Waals surface area contributed by atoms with E-state index < -0.39 is 0 Å². The molecule has 60 valence electrons. The van der Waals surface area contributed by atoms with Crippen molar-refractivity contribution < 1.29 is 0 Å². The van der Waals surface area contributed by atoms with Gasteiger partial charge in [0.15, 0.2) is 0 Å². The Balaban J connectivity index is 2.47. The first kappa shape index (κ1) is 7.37. The third-order valence-corrected chi connectivity index (χ3v) is 3.07. The van der Waals surface area contributed by atoms with Gasteiger partial charge in [0.2, 0.25) is 0 Å². The quantitative estimate of drug-likeness (QED) is 0.542. The van der Waals surface area contributed by atoms with E-state index in [0.29, 0.717) is 11.8 Å². The van der Waals surface area contributed by atoms with Crippen molar-refractivity contribution in [2.75, 3.05) is 0 Å². The first-order valence-electron chi connectivity index (χ1n) is 4.41. The number of nitriles is 2. The van der Waals surface area contributed by atoms with Crippen LogP contribution in [0.15, 0.2) is 11.1 Å². The maximum atomic E-state index is 8.86. The molecule has 2 nitrogen and oxygen atoms in total. The molecule has 2 heteroatoms. The number of hydrogen-bond donors (Lipinski definition) is 0. The molecule has 0 N–H and O–H groups in total. The highest BCUT2D eigenvalue weighted by Crippen LogP contribution is 2.44. The third kappa shape index (κ3) is 0.850. The summed E-state index contributed by atoms with van der Waals surface area (Å²) in [6.45, 7) is 0. The molecule has 0 unspecified atom stereocenters. The van der Waals surface area contributed by atoms with Crippen molar-refractivity contribution >= 4 is 0 Å². The first-order chi connectivity index (χ1) is 5.86. The van der Waals surface area contributed by atoms with Crippen molar-refractivity contribution in [2.45, 2.75) is 25.7 Å². The van der Waals surface area contributed by atoms with Crippen molar-refractivity contribution in [1.29, 1.82) is 10.5 Å². The molecule has 0 spiro atoms. The second-order valence-corrected chi connectivity index (χ2v) is 3.60. The summed E-state index contributed by atoms with van der Waals surface area (Å²) in [5.74, 6) is 0.823. The van der Waals surface area contributed by atoms with Gasteiger partial charge in [0.25, 0.3) is 0 Å². The van der Waals surface area contributed by atoms with Gasteiger partial charge in [0, 0.05) is 11.1 Å². The van der Waals surface area contributed by atoms with E-state index >= 15 is 0 Å². The van der Waals surface area contributed by atoms with Crippen molar-refractivity contribution in [3.05, 3.63) is 11.1 Å². The lowest BCUT2D eigenvalue weighted by Crippen LogP contribution is -2.25. The monoisotopic (exact) mass is 158 g/mol. The van der Waals surface area contributed by atoms with Gasteiger partial charge in [-0.25, -0.2) is 0 Å². The third-order valence-electron chi connectivity index (χ3n) is 3.07. The predicted octanol–water partition coefficient (Wildman–Crippen LogP) is 2.15. The molecule has 1 saturated carbocycles. The Morgan fingerprint density at radius 3 is 1.42 bits per heavy atom. The molecule has 1 fully saturated rings. The molecule has 2 bridgehead atoms. The van der Waals surface area contributed by atoms with Crippen LogP contribution < -0.4 is 0 Å². The van der Waals surface area contributed by atoms with Crippen molar-refractivity contribution in [2.24, 2.45) is 11.8 Å². The van der Waals surface area contributed by atoms with Gasteiger partial charge in [-0.1, -0.05) is 0 Å². The largest absolute Gasteiger partial charge is 0.193 e. The molecule has 0 aliphatic heterocycles. The molecule has 3 rings (SSSR count). The lowest BCUT2D eigenvalue weighted by molar-refractivity contribution is 0.308. The molecular formula is C10H10N2. The molecule has 0 heterocycles. The number of hydrogen-bond acceptors (Lipinski definition) is 2. The molecule has 0 aromatic rings. The van der Waals surface area contributed by atoms with Crippen LogP contribution >= 0.6 is 0 Å². The highest BCUT2D eigenvalue weighted by atomic mass is 14.4. The minimum absolute atomic E-state index is 0.412. The van der Waals surface area contributed by atoms with Crippen LogP contribution in [0.2, 0.25) is 0 Å². The summed E-state index contributed by atoms with van der Waals surface area (Å²) < 4.78 is 0. The van der Waals surface area contributed by atoms with E-state index in [1.807, 2.05) is 0 Å². The van der Waals surface area contributed by atoms with Crippen LogP contribution in [-0.4, -0.2) is 0 Å². The van der Waals surface area contributed by atoms with E-state index in [1.165, 1.54) is 0 Å². The summed E-state index contributed by atoms with van der Waals surface area (Å²) in [6, 6.07) is 4.39. The summed E-state index contributed by atoms with van der Waals surface area (Å²) in [6.07, 6.45) is 4.50. The molecule has 0 atom stereocenters. The minimum Gasteiger partial charge on any atom is -0.193 e. The Bertz CT molecular complexity index is 274. The standard InChI is InChI=1S/C10H10N2/c11-5-9-7-1-2-8(4-3-7)10(9)6-12/h7-8H,1-4H2. The van der Waals surface area contributed by atoms with Gasteiger partial charge < -0.3 is 0 Å². The Hall–Kier alpha value is -1.28. The number of nitrogens with zero attached hydrogens (tertiary/aromatic N) is 2. The smallest absolute Gasteiger partial charge is 0.0960 e. The number of rotatable bonds is 0. The molecule has 0 aromatic heterocycles. The SMILES string of the molecule is N#CC1=C(C#N)C2CCC1CC2. The van der Waals surface area contributed by atoms with Gasteiger partial charge in [0.05, 0.1) is 12.1 Å².